The van der Waals surface area contributed by atoms with E-state index in [0.29, 0.717) is 23.9 Å². The minimum Gasteiger partial charge on any atom is -0.336 e. The van der Waals surface area contributed by atoms with Crippen LogP contribution in [0.2, 0.25) is 0 Å². The summed E-state index contributed by atoms with van der Waals surface area (Å²) >= 11 is 0. The van der Waals surface area contributed by atoms with Gasteiger partial charge in [0.15, 0.2) is 0 Å². The number of piperidine rings is 1. The molecule has 1 aliphatic carbocycles. The van der Waals surface area contributed by atoms with Crippen LogP contribution < -0.4 is 5.32 Å². The number of nitrogens with one attached hydrogen (secondary N) is 1. The summed E-state index contributed by atoms with van der Waals surface area (Å²) in [6, 6.07) is 1.14. The summed E-state index contributed by atoms with van der Waals surface area (Å²) in [4.78, 5) is 14.4. The highest BCUT2D eigenvalue weighted by molar-refractivity contribution is 5.85. The average molecular weight is 259 g/mol. The molecule has 1 saturated carbocycles. The van der Waals surface area contributed by atoms with Crippen molar-refractivity contribution in [2.24, 2.45) is 5.92 Å². The minimum atomic E-state index is 0. The molecular weight excluding hydrogens is 236 g/mol. The molecule has 0 radical (unpaired) electrons. The first-order valence-electron chi connectivity index (χ1n) is 6.88. The van der Waals surface area contributed by atoms with E-state index in [2.05, 4.69) is 10.2 Å². The van der Waals surface area contributed by atoms with Crippen LogP contribution in [-0.2, 0) is 4.79 Å². The van der Waals surface area contributed by atoms with Gasteiger partial charge in [-0.2, -0.15) is 0 Å². The molecule has 3 aliphatic rings. The van der Waals surface area contributed by atoms with Gasteiger partial charge in [-0.25, -0.2) is 0 Å². The second-order valence-corrected chi connectivity index (χ2v) is 5.60. The molecule has 4 heteroatoms. The molecule has 3 fully saturated rings. The fourth-order valence-electron chi connectivity index (χ4n) is 3.87. The van der Waals surface area contributed by atoms with Crippen molar-refractivity contribution in [3.8, 4) is 0 Å². The first-order chi connectivity index (χ1) is 7.86. The summed E-state index contributed by atoms with van der Waals surface area (Å²) in [6.45, 7) is 2.18. The Kier molecular flexibility index (Phi) is 4.31. The van der Waals surface area contributed by atoms with Crippen LogP contribution in [-0.4, -0.2) is 36.0 Å². The Morgan fingerprint density at radius 3 is 2.53 bits per heavy atom. The maximum atomic E-state index is 12.1. The Bertz CT molecular complexity index is 279. The first-order valence-corrected chi connectivity index (χ1v) is 6.88. The van der Waals surface area contributed by atoms with Crippen molar-refractivity contribution in [3.63, 3.8) is 0 Å². The second kappa shape index (κ2) is 5.57. The maximum absolute atomic E-state index is 12.1. The highest BCUT2D eigenvalue weighted by Crippen LogP contribution is 2.39. The van der Waals surface area contributed by atoms with E-state index in [1.165, 1.54) is 25.7 Å². The summed E-state index contributed by atoms with van der Waals surface area (Å²) in [5.74, 6) is 1.14. The topological polar surface area (TPSA) is 32.3 Å². The molecule has 0 aromatic rings. The summed E-state index contributed by atoms with van der Waals surface area (Å²) < 4.78 is 0. The number of carbonyl (C=O) groups is 1. The van der Waals surface area contributed by atoms with Crippen molar-refractivity contribution in [2.75, 3.05) is 13.1 Å². The molecule has 0 aromatic heterocycles. The molecule has 3 nitrogen and oxygen atoms in total. The van der Waals surface area contributed by atoms with Crippen LogP contribution in [0.1, 0.15) is 44.9 Å². The average Bonchev–Trinajstić information content (AvgIpc) is 2.66. The van der Waals surface area contributed by atoms with Crippen LogP contribution in [0.15, 0.2) is 0 Å². The molecule has 2 saturated heterocycles. The monoisotopic (exact) mass is 258 g/mol. The Hall–Kier alpha value is -0.280. The number of rotatable bonds is 1. The van der Waals surface area contributed by atoms with Gasteiger partial charge in [0.2, 0.25) is 5.91 Å². The third-order valence-electron chi connectivity index (χ3n) is 4.65. The molecular formula is C13H23ClN2O. The van der Waals surface area contributed by atoms with Crippen LogP contribution in [0, 0.1) is 5.92 Å². The van der Waals surface area contributed by atoms with Crippen LogP contribution in [0.3, 0.4) is 0 Å². The lowest BCUT2D eigenvalue weighted by Crippen LogP contribution is -2.48. The fourth-order valence-corrected chi connectivity index (χ4v) is 3.87. The van der Waals surface area contributed by atoms with Crippen molar-refractivity contribution >= 4 is 18.3 Å². The third-order valence-corrected chi connectivity index (χ3v) is 4.65. The van der Waals surface area contributed by atoms with Crippen molar-refractivity contribution < 1.29 is 4.79 Å². The predicted molar refractivity (Wildman–Crippen MR) is 70.3 cm³/mol. The van der Waals surface area contributed by atoms with E-state index in [1.807, 2.05) is 0 Å². The maximum Gasteiger partial charge on any atom is 0.223 e. The largest absolute Gasteiger partial charge is 0.336 e. The van der Waals surface area contributed by atoms with Gasteiger partial charge >= 0.3 is 0 Å². The molecule has 0 aromatic carbocycles. The third kappa shape index (κ3) is 2.45. The Balaban J connectivity index is 0.00000108. The lowest BCUT2D eigenvalue weighted by molar-refractivity contribution is -0.131. The number of amides is 1. The van der Waals surface area contributed by atoms with Crippen molar-refractivity contribution in [1.29, 1.82) is 0 Å². The van der Waals surface area contributed by atoms with Crippen molar-refractivity contribution in [3.05, 3.63) is 0 Å². The standard InChI is InChI=1S/C13H22N2O.ClH/c16-13-9-10-3-1-2-4-12(10)15(13)11-5-7-14-8-6-11;/h10-12,14H,1-9H2;1H/t10-,12+;/m1./s1. The summed E-state index contributed by atoms with van der Waals surface area (Å²) in [5.41, 5.74) is 0. The van der Waals surface area contributed by atoms with Gasteiger partial charge in [-0.3, -0.25) is 4.79 Å². The van der Waals surface area contributed by atoms with Gasteiger partial charge in [0.25, 0.3) is 0 Å². The van der Waals surface area contributed by atoms with E-state index in [-0.39, 0.29) is 12.4 Å². The van der Waals surface area contributed by atoms with Crippen LogP contribution in [0.5, 0.6) is 0 Å². The number of nitrogens with zero attached hydrogens (tertiary/aromatic N) is 1. The van der Waals surface area contributed by atoms with E-state index < -0.39 is 0 Å². The van der Waals surface area contributed by atoms with Gasteiger partial charge < -0.3 is 10.2 Å². The van der Waals surface area contributed by atoms with E-state index in [1.54, 1.807) is 0 Å². The molecule has 1 N–H and O–H groups in total. The summed E-state index contributed by atoms with van der Waals surface area (Å²) in [6.07, 6.45) is 8.39. The normalized spacial score (nSPS) is 34.4. The second-order valence-electron chi connectivity index (χ2n) is 5.60. The smallest absolute Gasteiger partial charge is 0.223 e. The molecule has 0 spiro atoms. The highest BCUT2D eigenvalue weighted by Gasteiger charge is 2.43. The molecule has 2 heterocycles. The summed E-state index contributed by atoms with van der Waals surface area (Å²) in [5, 5.41) is 3.39. The Morgan fingerprint density at radius 1 is 1.06 bits per heavy atom. The van der Waals surface area contributed by atoms with Crippen LogP contribution >= 0.6 is 12.4 Å². The van der Waals surface area contributed by atoms with E-state index in [9.17, 15) is 4.79 Å². The number of fused-ring (bicyclic) bond motifs is 1. The van der Waals surface area contributed by atoms with Crippen LogP contribution in [0.4, 0.5) is 0 Å². The van der Waals surface area contributed by atoms with Crippen LogP contribution in [0.25, 0.3) is 0 Å². The lowest BCUT2D eigenvalue weighted by atomic mass is 9.84. The van der Waals surface area contributed by atoms with Crippen molar-refractivity contribution in [1.82, 2.24) is 10.2 Å². The zero-order valence-corrected chi connectivity index (χ0v) is 11.2. The molecule has 2 atom stereocenters. The van der Waals surface area contributed by atoms with Gasteiger partial charge in [-0.15, -0.1) is 12.4 Å². The van der Waals surface area contributed by atoms with Gasteiger partial charge in [0.1, 0.15) is 0 Å². The van der Waals surface area contributed by atoms with Crippen molar-refractivity contribution in [2.45, 2.75) is 57.0 Å². The number of likely N-dealkylation sites (tertiary alicyclic amines) is 1. The predicted octanol–water partition coefficient (Wildman–Crippen LogP) is 1.95. The number of halogens is 1. The zero-order chi connectivity index (χ0) is 11.0. The van der Waals surface area contributed by atoms with E-state index in [0.717, 1.165) is 32.4 Å². The summed E-state index contributed by atoms with van der Waals surface area (Å²) in [7, 11) is 0. The first kappa shape index (κ1) is 13.2. The van der Waals surface area contributed by atoms with Gasteiger partial charge in [-0.1, -0.05) is 12.8 Å². The molecule has 98 valence electrons. The quantitative estimate of drug-likeness (QED) is 0.780. The van der Waals surface area contributed by atoms with Gasteiger partial charge in [-0.05, 0) is 44.7 Å². The Labute approximate surface area is 110 Å². The van der Waals surface area contributed by atoms with Gasteiger partial charge in [0.05, 0.1) is 0 Å². The number of hydrogen-bond donors (Lipinski definition) is 1. The molecule has 3 rings (SSSR count). The van der Waals surface area contributed by atoms with Gasteiger partial charge in [0, 0.05) is 18.5 Å². The van der Waals surface area contributed by atoms with E-state index in [4.69, 9.17) is 0 Å². The minimum absolute atomic E-state index is 0. The zero-order valence-electron chi connectivity index (χ0n) is 10.4. The molecule has 0 unspecified atom stereocenters. The highest BCUT2D eigenvalue weighted by atomic mass is 35.5. The molecule has 0 bridgehead atoms. The number of carbonyl (C=O) groups excluding carboxylic acids is 1. The number of hydrogen-bond acceptors (Lipinski definition) is 2. The SMILES string of the molecule is Cl.O=C1C[C@H]2CCCC[C@@H]2N1C1CCNCC1. The molecule has 17 heavy (non-hydrogen) atoms. The molecule has 1 amide bonds. The fraction of sp³-hybridized carbons (Fsp3) is 0.923. The lowest BCUT2D eigenvalue weighted by Gasteiger charge is -2.39. The Morgan fingerprint density at radius 2 is 1.76 bits per heavy atom. The van der Waals surface area contributed by atoms with E-state index >= 15 is 0 Å². The molecule has 2 aliphatic heterocycles.